The Morgan fingerprint density at radius 1 is 1.11 bits per heavy atom. The van der Waals surface area contributed by atoms with E-state index >= 15 is 0 Å². The molecule has 4 aliphatic carbocycles. The first-order valence-electron chi connectivity index (χ1n) is 7.71. The largest absolute Gasteiger partial charge is 0.481 e. The molecule has 0 amide bonds. The van der Waals surface area contributed by atoms with Gasteiger partial charge in [-0.25, -0.2) is 0 Å². The molecule has 4 rings (SSSR count). The topological polar surface area (TPSA) is 37.3 Å². The second-order valence-corrected chi connectivity index (χ2v) is 7.80. The van der Waals surface area contributed by atoms with Gasteiger partial charge in [-0.05, 0) is 74.0 Å². The van der Waals surface area contributed by atoms with Crippen LogP contribution in [0.25, 0.3) is 0 Å². The minimum atomic E-state index is -0.523. The van der Waals surface area contributed by atoms with Crippen LogP contribution in [-0.2, 0) is 4.79 Å². The van der Waals surface area contributed by atoms with E-state index in [1.54, 1.807) is 0 Å². The van der Waals surface area contributed by atoms with E-state index in [0.717, 1.165) is 24.2 Å². The number of carboxylic acid groups (broad SMARTS) is 1. The fourth-order valence-electron chi connectivity index (χ4n) is 5.69. The lowest BCUT2D eigenvalue weighted by Crippen LogP contribution is -2.51. The molecule has 0 heterocycles. The van der Waals surface area contributed by atoms with Crippen molar-refractivity contribution in [2.45, 2.75) is 58.8 Å². The Balaban J connectivity index is 1.86. The summed E-state index contributed by atoms with van der Waals surface area (Å²) in [6.07, 6.45) is 8.70. The minimum absolute atomic E-state index is 0.0779. The molecule has 0 saturated heterocycles. The van der Waals surface area contributed by atoms with E-state index in [1.807, 2.05) is 0 Å². The molecule has 0 radical (unpaired) electrons. The monoisotopic (exact) mass is 250 g/mol. The van der Waals surface area contributed by atoms with Crippen LogP contribution in [0.4, 0.5) is 0 Å². The molecule has 4 saturated carbocycles. The fourth-order valence-corrected chi connectivity index (χ4v) is 5.69. The van der Waals surface area contributed by atoms with Crippen molar-refractivity contribution in [3.05, 3.63) is 0 Å². The Labute approximate surface area is 110 Å². The van der Waals surface area contributed by atoms with Gasteiger partial charge in [-0.3, -0.25) is 4.79 Å². The van der Waals surface area contributed by atoms with Crippen molar-refractivity contribution >= 4 is 5.97 Å². The van der Waals surface area contributed by atoms with Gasteiger partial charge in [-0.2, -0.15) is 0 Å². The van der Waals surface area contributed by atoms with Gasteiger partial charge in [-0.1, -0.05) is 13.8 Å². The number of hydrogen-bond acceptors (Lipinski definition) is 1. The molecule has 2 nitrogen and oxygen atoms in total. The third kappa shape index (κ3) is 1.98. The summed E-state index contributed by atoms with van der Waals surface area (Å²) in [6, 6.07) is 0. The summed E-state index contributed by atoms with van der Waals surface area (Å²) in [5.74, 6) is 2.46. The molecule has 1 atom stereocenters. The number of rotatable bonds is 4. The van der Waals surface area contributed by atoms with Gasteiger partial charge in [-0.15, -0.1) is 0 Å². The first-order chi connectivity index (χ1) is 8.48. The van der Waals surface area contributed by atoms with Crippen molar-refractivity contribution in [3.8, 4) is 0 Å². The highest BCUT2D eigenvalue weighted by molar-refractivity contribution is 5.71. The zero-order chi connectivity index (χ0) is 12.9. The van der Waals surface area contributed by atoms with E-state index in [4.69, 9.17) is 0 Å². The average molecular weight is 250 g/mol. The third-order valence-electron chi connectivity index (χ3n) is 5.83. The smallest absolute Gasteiger partial charge is 0.307 e. The van der Waals surface area contributed by atoms with E-state index in [9.17, 15) is 9.90 Å². The number of aliphatic carboxylic acids is 1. The Kier molecular flexibility index (Phi) is 2.95. The molecule has 2 heteroatoms. The Hall–Kier alpha value is -0.530. The van der Waals surface area contributed by atoms with E-state index in [2.05, 4.69) is 13.8 Å². The molecular weight excluding hydrogens is 224 g/mol. The lowest BCUT2D eigenvalue weighted by atomic mass is 9.46. The second kappa shape index (κ2) is 4.25. The quantitative estimate of drug-likeness (QED) is 0.820. The molecule has 0 spiro atoms. The van der Waals surface area contributed by atoms with Gasteiger partial charge in [0, 0.05) is 0 Å². The molecule has 0 aromatic rings. The number of carbonyl (C=O) groups is 1. The lowest BCUT2D eigenvalue weighted by Gasteiger charge is -2.59. The van der Waals surface area contributed by atoms with Gasteiger partial charge >= 0.3 is 5.97 Å². The molecule has 4 fully saturated rings. The molecule has 0 aliphatic heterocycles. The molecule has 4 aliphatic rings. The first kappa shape index (κ1) is 12.5. The van der Waals surface area contributed by atoms with Gasteiger partial charge in [0.2, 0.25) is 0 Å². The molecule has 4 bridgehead atoms. The van der Waals surface area contributed by atoms with E-state index < -0.39 is 5.97 Å². The maximum absolute atomic E-state index is 11.8. The van der Waals surface area contributed by atoms with Gasteiger partial charge in [0.25, 0.3) is 0 Å². The van der Waals surface area contributed by atoms with Crippen molar-refractivity contribution in [2.24, 2.45) is 35.0 Å². The normalized spacial score (nSPS) is 43.4. The molecule has 102 valence electrons. The molecule has 1 N–H and O–H groups in total. The van der Waals surface area contributed by atoms with Crippen LogP contribution in [0.2, 0.25) is 0 Å². The van der Waals surface area contributed by atoms with Crippen molar-refractivity contribution < 1.29 is 9.90 Å². The Morgan fingerprint density at radius 3 is 1.89 bits per heavy atom. The van der Waals surface area contributed by atoms with Crippen molar-refractivity contribution in [2.75, 3.05) is 0 Å². The van der Waals surface area contributed by atoms with Crippen molar-refractivity contribution in [3.63, 3.8) is 0 Å². The maximum Gasteiger partial charge on any atom is 0.307 e. The van der Waals surface area contributed by atoms with E-state index in [1.165, 1.54) is 38.5 Å². The van der Waals surface area contributed by atoms with Crippen molar-refractivity contribution in [1.82, 2.24) is 0 Å². The van der Waals surface area contributed by atoms with Crippen molar-refractivity contribution in [1.29, 1.82) is 0 Å². The van der Waals surface area contributed by atoms with Crippen LogP contribution >= 0.6 is 0 Å². The van der Waals surface area contributed by atoms with Crippen LogP contribution in [0, 0.1) is 35.0 Å². The summed E-state index contributed by atoms with van der Waals surface area (Å²) < 4.78 is 0. The standard InChI is InChI=1S/C16H26O2/c1-10(2)3-14(15(17)18)16-7-11-4-12(8-16)6-13(5-11)9-16/h10-14H,3-9H2,1-2H3,(H,17,18). The zero-order valence-electron chi connectivity index (χ0n) is 11.7. The predicted octanol–water partition coefficient (Wildman–Crippen LogP) is 3.95. The van der Waals surface area contributed by atoms with Crippen LogP contribution in [0.5, 0.6) is 0 Å². The molecule has 0 aromatic carbocycles. The van der Waals surface area contributed by atoms with E-state index in [0.29, 0.717) is 5.92 Å². The van der Waals surface area contributed by atoms with Crippen LogP contribution in [0.1, 0.15) is 58.8 Å². The third-order valence-corrected chi connectivity index (χ3v) is 5.83. The highest BCUT2D eigenvalue weighted by Gasteiger charge is 2.55. The van der Waals surface area contributed by atoms with Crippen LogP contribution in [0.15, 0.2) is 0 Å². The molecule has 0 aromatic heterocycles. The Morgan fingerprint density at radius 2 is 1.56 bits per heavy atom. The highest BCUT2D eigenvalue weighted by atomic mass is 16.4. The molecule has 1 unspecified atom stereocenters. The highest BCUT2D eigenvalue weighted by Crippen LogP contribution is 2.63. The number of carboxylic acids is 1. The van der Waals surface area contributed by atoms with Gasteiger partial charge in [0.05, 0.1) is 5.92 Å². The summed E-state index contributed by atoms with van der Waals surface area (Å²) in [7, 11) is 0. The predicted molar refractivity (Wildman–Crippen MR) is 71.2 cm³/mol. The summed E-state index contributed by atoms with van der Waals surface area (Å²) in [5.41, 5.74) is 0.171. The van der Waals surface area contributed by atoms with E-state index in [-0.39, 0.29) is 11.3 Å². The summed E-state index contributed by atoms with van der Waals surface area (Å²) >= 11 is 0. The summed E-state index contributed by atoms with van der Waals surface area (Å²) in [5, 5.41) is 9.68. The summed E-state index contributed by atoms with van der Waals surface area (Å²) in [6.45, 7) is 4.33. The number of hydrogen-bond donors (Lipinski definition) is 1. The first-order valence-corrected chi connectivity index (χ1v) is 7.71. The second-order valence-electron chi connectivity index (χ2n) is 7.80. The Bertz CT molecular complexity index is 310. The van der Waals surface area contributed by atoms with Gasteiger partial charge in [0.15, 0.2) is 0 Å². The van der Waals surface area contributed by atoms with Gasteiger partial charge < -0.3 is 5.11 Å². The van der Waals surface area contributed by atoms with Crippen LogP contribution < -0.4 is 0 Å². The zero-order valence-corrected chi connectivity index (χ0v) is 11.7. The SMILES string of the molecule is CC(C)CC(C(=O)O)C12CC3CC(CC(C3)C1)C2. The van der Waals surface area contributed by atoms with Crippen LogP contribution in [-0.4, -0.2) is 11.1 Å². The average Bonchev–Trinajstić information content (AvgIpc) is 2.23. The van der Waals surface area contributed by atoms with Gasteiger partial charge in [0.1, 0.15) is 0 Å². The summed E-state index contributed by atoms with van der Waals surface area (Å²) in [4.78, 5) is 11.8. The molecule has 18 heavy (non-hydrogen) atoms. The maximum atomic E-state index is 11.8. The minimum Gasteiger partial charge on any atom is -0.481 e. The van der Waals surface area contributed by atoms with Crippen LogP contribution in [0.3, 0.4) is 0 Å². The lowest BCUT2D eigenvalue weighted by molar-refractivity contribution is -0.159. The molecular formula is C16H26O2. The fraction of sp³-hybridized carbons (Fsp3) is 0.938.